The molecular formula is C21H22N2O3. The quantitative estimate of drug-likeness (QED) is 0.740. The van der Waals surface area contributed by atoms with Crippen LogP contribution in [-0.2, 0) is 4.79 Å². The number of hydrogen-bond donors (Lipinski definition) is 1. The minimum absolute atomic E-state index is 0.166. The van der Waals surface area contributed by atoms with Crippen LogP contribution in [0.3, 0.4) is 0 Å². The number of benzene rings is 2. The third-order valence-electron chi connectivity index (χ3n) is 5.03. The highest BCUT2D eigenvalue weighted by Gasteiger charge is 2.31. The van der Waals surface area contributed by atoms with Gasteiger partial charge in [0, 0.05) is 28.8 Å². The fourth-order valence-corrected chi connectivity index (χ4v) is 3.43. The summed E-state index contributed by atoms with van der Waals surface area (Å²) in [5.41, 5.74) is 7.84. The molecule has 2 aromatic rings. The molecule has 1 unspecified atom stereocenters. The summed E-state index contributed by atoms with van der Waals surface area (Å²) in [5.74, 6) is -1.32. The molecule has 1 atom stereocenters. The number of ketones is 2. The van der Waals surface area contributed by atoms with Gasteiger partial charge in [-0.15, -0.1) is 0 Å². The summed E-state index contributed by atoms with van der Waals surface area (Å²) in [5, 5.41) is 0. The number of carbonyl (C=O) groups excluding carboxylic acids is 3. The molecule has 0 fully saturated rings. The van der Waals surface area contributed by atoms with Crippen molar-refractivity contribution in [2.75, 3.05) is 19.6 Å². The summed E-state index contributed by atoms with van der Waals surface area (Å²) >= 11 is 0. The Kier molecular flexibility index (Phi) is 5.00. The topological polar surface area (TPSA) is 80.5 Å². The van der Waals surface area contributed by atoms with Gasteiger partial charge < -0.3 is 10.6 Å². The van der Waals surface area contributed by atoms with Gasteiger partial charge in [-0.05, 0) is 30.8 Å². The summed E-state index contributed by atoms with van der Waals surface area (Å²) < 4.78 is 0. The van der Waals surface area contributed by atoms with E-state index in [2.05, 4.69) is 4.90 Å². The minimum atomic E-state index is -0.528. The molecule has 0 saturated heterocycles. The lowest BCUT2D eigenvalue weighted by Crippen LogP contribution is -2.35. The van der Waals surface area contributed by atoms with Gasteiger partial charge in [-0.3, -0.25) is 14.4 Å². The smallest absolute Gasteiger partial charge is 0.226 e. The van der Waals surface area contributed by atoms with Crippen molar-refractivity contribution in [3.8, 4) is 0 Å². The fraction of sp³-hybridized carbons (Fsp3) is 0.286. The molecule has 0 saturated carbocycles. The van der Waals surface area contributed by atoms with Gasteiger partial charge in [0.05, 0.1) is 5.92 Å². The maximum absolute atomic E-state index is 12.9. The second kappa shape index (κ2) is 7.22. The zero-order valence-electron chi connectivity index (χ0n) is 15.0. The fourth-order valence-electron chi connectivity index (χ4n) is 3.43. The largest absolute Gasteiger partial charge is 0.369 e. The van der Waals surface area contributed by atoms with E-state index < -0.39 is 11.8 Å². The number of nitrogens with zero attached hydrogens (tertiary/aromatic N) is 1. The number of primary amides is 1. The van der Waals surface area contributed by atoms with Crippen molar-refractivity contribution in [1.82, 2.24) is 4.90 Å². The van der Waals surface area contributed by atoms with Crippen LogP contribution in [0.5, 0.6) is 0 Å². The molecule has 0 aromatic heterocycles. The molecule has 1 aliphatic carbocycles. The van der Waals surface area contributed by atoms with Crippen LogP contribution in [0.2, 0.25) is 0 Å². The standard InChI is InChI=1S/C21H22N2O3/c1-3-23(4-2)12-18(21(22)26)13-9-10-16-17(11-13)20(25)15-8-6-5-7-14(15)19(16)24/h5-11,18H,3-4,12H2,1-2H3,(H2,22,26). The number of nitrogens with two attached hydrogens (primary N) is 1. The summed E-state index contributed by atoms with van der Waals surface area (Å²) in [6, 6.07) is 11.8. The number of amides is 1. The Morgan fingerprint density at radius 3 is 2.00 bits per heavy atom. The highest BCUT2D eigenvalue weighted by molar-refractivity contribution is 6.28. The van der Waals surface area contributed by atoms with Gasteiger partial charge in [-0.1, -0.05) is 44.2 Å². The first kappa shape index (κ1) is 18.0. The summed E-state index contributed by atoms with van der Waals surface area (Å²) in [7, 11) is 0. The number of hydrogen-bond acceptors (Lipinski definition) is 4. The molecule has 1 amide bonds. The molecule has 0 spiro atoms. The first-order valence-electron chi connectivity index (χ1n) is 8.81. The van der Waals surface area contributed by atoms with Gasteiger partial charge in [0.2, 0.25) is 5.91 Å². The Bertz CT molecular complexity index is 885. The maximum atomic E-state index is 12.9. The second-order valence-electron chi connectivity index (χ2n) is 6.45. The number of likely N-dealkylation sites (N-methyl/N-ethyl adjacent to an activating group) is 1. The van der Waals surface area contributed by atoms with E-state index in [1.54, 1.807) is 42.5 Å². The highest BCUT2D eigenvalue weighted by atomic mass is 16.1. The van der Waals surface area contributed by atoms with Crippen LogP contribution in [0.4, 0.5) is 0 Å². The SMILES string of the molecule is CCN(CC)CC(C(N)=O)c1ccc2c(c1)C(=O)c1ccccc1C2=O. The lowest BCUT2D eigenvalue weighted by Gasteiger charge is -2.25. The van der Waals surface area contributed by atoms with Gasteiger partial charge in [-0.25, -0.2) is 0 Å². The minimum Gasteiger partial charge on any atom is -0.369 e. The van der Waals surface area contributed by atoms with Gasteiger partial charge in [0.25, 0.3) is 0 Å². The van der Waals surface area contributed by atoms with Gasteiger partial charge in [-0.2, -0.15) is 0 Å². The van der Waals surface area contributed by atoms with E-state index in [0.29, 0.717) is 34.4 Å². The molecule has 1 aliphatic rings. The predicted octanol–water partition coefficient (Wildman–Crippen LogP) is 2.37. The summed E-state index contributed by atoms with van der Waals surface area (Å²) in [6.07, 6.45) is 0. The van der Waals surface area contributed by atoms with Crippen molar-refractivity contribution < 1.29 is 14.4 Å². The molecular weight excluding hydrogens is 328 g/mol. The molecule has 0 heterocycles. The van der Waals surface area contributed by atoms with E-state index in [1.807, 2.05) is 13.8 Å². The van der Waals surface area contributed by atoms with Crippen molar-refractivity contribution in [3.63, 3.8) is 0 Å². The Morgan fingerprint density at radius 1 is 0.923 bits per heavy atom. The highest BCUT2D eigenvalue weighted by Crippen LogP contribution is 2.30. The normalized spacial score (nSPS) is 14.1. The first-order valence-corrected chi connectivity index (χ1v) is 8.81. The number of fused-ring (bicyclic) bond motifs is 2. The molecule has 5 heteroatoms. The van der Waals surface area contributed by atoms with E-state index in [-0.39, 0.29) is 11.6 Å². The van der Waals surface area contributed by atoms with Crippen LogP contribution in [-0.4, -0.2) is 42.0 Å². The van der Waals surface area contributed by atoms with Crippen LogP contribution >= 0.6 is 0 Å². The molecule has 0 bridgehead atoms. The maximum Gasteiger partial charge on any atom is 0.226 e. The zero-order valence-corrected chi connectivity index (χ0v) is 15.0. The molecule has 3 rings (SSSR count). The van der Waals surface area contributed by atoms with Crippen molar-refractivity contribution in [2.24, 2.45) is 5.73 Å². The van der Waals surface area contributed by atoms with Gasteiger partial charge in [0.15, 0.2) is 11.6 Å². The summed E-state index contributed by atoms with van der Waals surface area (Å²) in [4.78, 5) is 39.7. The lowest BCUT2D eigenvalue weighted by molar-refractivity contribution is -0.119. The van der Waals surface area contributed by atoms with Crippen LogP contribution in [0.1, 0.15) is 57.2 Å². The first-order chi connectivity index (χ1) is 12.5. The van der Waals surface area contributed by atoms with E-state index >= 15 is 0 Å². The van der Waals surface area contributed by atoms with E-state index in [9.17, 15) is 14.4 Å². The Balaban J connectivity index is 2.04. The van der Waals surface area contributed by atoms with E-state index in [1.165, 1.54) is 0 Å². The Labute approximate surface area is 152 Å². The van der Waals surface area contributed by atoms with Crippen molar-refractivity contribution in [3.05, 3.63) is 70.3 Å². The monoisotopic (exact) mass is 350 g/mol. The average Bonchev–Trinajstić information content (AvgIpc) is 2.66. The zero-order chi connectivity index (χ0) is 18.8. The molecule has 26 heavy (non-hydrogen) atoms. The van der Waals surface area contributed by atoms with Gasteiger partial charge in [0.1, 0.15) is 0 Å². The number of carbonyl (C=O) groups is 3. The molecule has 134 valence electrons. The molecule has 0 aliphatic heterocycles. The van der Waals surface area contributed by atoms with Crippen molar-refractivity contribution >= 4 is 17.5 Å². The Morgan fingerprint density at radius 2 is 1.46 bits per heavy atom. The van der Waals surface area contributed by atoms with Gasteiger partial charge >= 0.3 is 0 Å². The molecule has 0 radical (unpaired) electrons. The van der Waals surface area contributed by atoms with E-state index in [0.717, 1.165) is 13.1 Å². The van der Waals surface area contributed by atoms with Crippen LogP contribution in [0.15, 0.2) is 42.5 Å². The van der Waals surface area contributed by atoms with Crippen molar-refractivity contribution in [1.29, 1.82) is 0 Å². The second-order valence-corrected chi connectivity index (χ2v) is 6.45. The Hall–Kier alpha value is -2.79. The van der Waals surface area contributed by atoms with Crippen LogP contribution in [0, 0.1) is 0 Å². The van der Waals surface area contributed by atoms with Crippen LogP contribution < -0.4 is 5.73 Å². The predicted molar refractivity (Wildman–Crippen MR) is 99.5 cm³/mol. The molecule has 2 N–H and O–H groups in total. The molecule has 2 aromatic carbocycles. The molecule has 5 nitrogen and oxygen atoms in total. The average molecular weight is 350 g/mol. The third-order valence-corrected chi connectivity index (χ3v) is 5.03. The van der Waals surface area contributed by atoms with E-state index in [4.69, 9.17) is 5.73 Å². The number of rotatable bonds is 6. The lowest BCUT2D eigenvalue weighted by atomic mass is 9.82. The third kappa shape index (κ3) is 3.06. The summed E-state index contributed by atoms with van der Waals surface area (Å²) in [6.45, 7) is 6.13. The van der Waals surface area contributed by atoms with Crippen LogP contribution in [0.25, 0.3) is 0 Å². The van der Waals surface area contributed by atoms with Crippen molar-refractivity contribution in [2.45, 2.75) is 19.8 Å².